The Balaban J connectivity index is 2.07. The molecule has 1 aromatic heterocycles. The zero-order valence-corrected chi connectivity index (χ0v) is 13.6. The van der Waals surface area contributed by atoms with Crippen LogP contribution in [0.1, 0.15) is 60.3 Å². The van der Waals surface area contributed by atoms with Crippen LogP contribution in [-0.2, 0) is 6.42 Å². The molecule has 0 bridgehead atoms. The van der Waals surface area contributed by atoms with Crippen LogP contribution >= 0.6 is 11.3 Å². The monoisotopic (exact) mass is 288 g/mol. The highest BCUT2D eigenvalue weighted by atomic mass is 32.1. The van der Waals surface area contributed by atoms with Gasteiger partial charge in [0.25, 0.3) is 0 Å². The number of hydrogen-bond donors (Lipinski definition) is 1. The van der Waals surface area contributed by atoms with Crippen molar-refractivity contribution >= 4 is 11.3 Å². The maximum atomic E-state index is 4.54. The minimum Gasteiger partial charge on any atom is -0.301 e. The van der Waals surface area contributed by atoms with Crippen molar-refractivity contribution in [2.24, 2.45) is 0 Å². The second-order valence-electron chi connectivity index (χ2n) is 5.28. The van der Waals surface area contributed by atoms with E-state index in [2.05, 4.69) is 62.3 Å². The fourth-order valence-electron chi connectivity index (χ4n) is 2.31. The van der Waals surface area contributed by atoms with Crippen molar-refractivity contribution in [3.8, 4) is 0 Å². The fourth-order valence-corrected chi connectivity index (χ4v) is 3.18. The van der Waals surface area contributed by atoms with E-state index in [4.69, 9.17) is 0 Å². The zero-order valence-electron chi connectivity index (χ0n) is 12.8. The molecule has 3 heteroatoms. The first-order chi connectivity index (χ1) is 9.63. The average molecular weight is 288 g/mol. The largest absolute Gasteiger partial charge is 0.301 e. The first-order valence-corrected chi connectivity index (χ1v) is 8.22. The van der Waals surface area contributed by atoms with Crippen molar-refractivity contribution in [1.29, 1.82) is 0 Å². The lowest BCUT2D eigenvalue weighted by atomic mass is 10.0. The number of nitrogens with zero attached hydrogens (tertiary/aromatic N) is 1. The van der Waals surface area contributed by atoms with Gasteiger partial charge in [0.15, 0.2) is 0 Å². The molecule has 0 fully saturated rings. The van der Waals surface area contributed by atoms with Crippen molar-refractivity contribution < 1.29 is 0 Å². The summed E-state index contributed by atoms with van der Waals surface area (Å²) in [7, 11) is 0. The van der Waals surface area contributed by atoms with Gasteiger partial charge in [0.2, 0.25) is 0 Å². The normalized spacial score (nSPS) is 14.2. The van der Waals surface area contributed by atoms with Gasteiger partial charge >= 0.3 is 0 Å². The summed E-state index contributed by atoms with van der Waals surface area (Å²) in [6, 6.07) is 9.50. The molecule has 1 aromatic carbocycles. The molecule has 2 unspecified atom stereocenters. The Morgan fingerprint density at radius 1 is 1.20 bits per heavy atom. The van der Waals surface area contributed by atoms with Gasteiger partial charge in [0, 0.05) is 17.1 Å². The van der Waals surface area contributed by atoms with Gasteiger partial charge in [-0.3, -0.25) is 0 Å². The van der Waals surface area contributed by atoms with Crippen LogP contribution in [0.3, 0.4) is 0 Å². The molecule has 2 aromatic rings. The Morgan fingerprint density at radius 3 is 2.45 bits per heavy atom. The van der Waals surface area contributed by atoms with Gasteiger partial charge in [-0.1, -0.05) is 43.7 Å². The predicted molar refractivity (Wildman–Crippen MR) is 87.3 cm³/mol. The minimum absolute atomic E-state index is 0.298. The Morgan fingerprint density at radius 2 is 1.90 bits per heavy atom. The highest BCUT2D eigenvalue weighted by Gasteiger charge is 2.16. The molecular formula is C17H24N2S. The number of aryl methyl sites for hydroxylation is 2. The highest BCUT2D eigenvalue weighted by molar-refractivity contribution is 7.11. The van der Waals surface area contributed by atoms with Crippen LogP contribution < -0.4 is 5.32 Å². The number of benzene rings is 1. The lowest BCUT2D eigenvalue weighted by molar-refractivity contribution is 0.455. The lowest BCUT2D eigenvalue weighted by Gasteiger charge is -2.21. The van der Waals surface area contributed by atoms with E-state index < -0.39 is 0 Å². The molecular weight excluding hydrogens is 264 g/mol. The van der Waals surface area contributed by atoms with Gasteiger partial charge in [-0.15, -0.1) is 11.3 Å². The summed E-state index contributed by atoms with van der Waals surface area (Å²) in [6.45, 7) is 8.73. The number of rotatable bonds is 6. The van der Waals surface area contributed by atoms with Gasteiger partial charge in [-0.2, -0.15) is 0 Å². The molecule has 0 aliphatic heterocycles. The molecule has 1 heterocycles. The topological polar surface area (TPSA) is 24.9 Å². The summed E-state index contributed by atoms with van der Waals surface area (Å²) < 4.78 is 0. The number of hydrogen-bond acceptors (Lipinski definition) is 3. The molecule has 0 aliphatic rings. The van der Waals surface area contributed by atoms with E-state index >= 15 is 0 Å². The maximum Gasteiger partial charge on any atom is 0.109 e. The summed E-state index contributed by atoms with van der Waals surface area (Å²) >= 11 is 1.82. The molecule has 20 heavy (non-hydrogen) atoms. The van der Waals surface area contributed by atoms with Crippen molar-refractivity contribution in [3.63, 3.8) is 0 Å². The van der Waals surface area contributed by atoms with E-state index in [1.54, 1.807) is 0 Å². The summed E-state index contributed by atoms with van der Waals surface area (Å²) in [5, 5.41) is 4.89. The Hall–Kier alpha value is -1.19. The lowest BCUT2D eigenvalue weighted by Crippen LogP contribution is -2.24. The van der Waals surface area contributed by atoms with Crippen molar-refractivity contribution in [3.05, 3.63) is 51.5 Å². The molecule has 0 saturated carbocycles. The second-order valence-corrected chi connectivity index (χ2v) is 6.43. The van der Waals surface area contributed by atoms with Crippen LogP contribution in [-0.4, -0.2) is 4.98 Å². The predicted octanol–water partition coefficient (Wildman–Crippen LogP) is 4.82. The van der Waals surface area contributed by atoms with E-state index in [0.717, 1.165) is 12.8 Å². The van der Waals surface area contributed by atoms with Crippen LogP contribution in [0.25, 0.3) is 0 Å². The first-order valence-electron chi connectivity index (χ1n) is 7.41. The molecule has 2 atom stereocenters. The molecule has 2 rings (SSSR count). The van der Waals surface area contributed by atoms with E-state index in [-0.39, 0.29) is 0 Å². The third-order valence-corrected chi connectivity index (χ3v) is 4.95. The highest BCUT2D eigenvalue weighted by Crippen LogP contribution is 2.25. The van der Waals surface area contributed by atoms with Crippen LogP contribution in [0.5, 0.6) is 0 Å². The van der Waals surface area contributed by atoms with Gasteiger partial charge in [-0.05, 0) is 32.3 Å². The summed E-state index contributed by atoms with van der Waals surface area (Å²) in [4.78, 5) is 5.90. The van der Waals surface area contributed by atoms with Crippen LogP contribution in [0, 0.1) is 6.92 Å². The first kappa shape index (κ1) is 15.2. The number of aromatic nitrogens is 1. The average Bonchev–Trinajstić information content (AvgIpc) is 2.94. The zero-order chi connectivity index (χ0) is 14.5. The number of nitrogens with one attached hydrogen (secondary N) is 1. The maximum absolute atomic E-state index is 4.54. The fraction of sp³-hybridized carbons (Fsp3) is 0.471. The van der Waals surface area contributed by atoms with Crippen molar-refractivity contribution in [1.82, 2.24) is 10.3 Å². The SMILES string of the molecule is CCc1cnc(C(C)NC(CC)c2ccc(C)cc2)s1. The van der Waals surface area contributed by atoms with E-state index in [9.17, 15) is 0 Å². The number of thiazole rings is 1. The molecule has 2 nitrogen and oxygen atoms in total. The Bertz CT molecular complexity index is 530. The van der Waals surface area contributed by atoms with Crippen LogP contribution in [0.2, 0.25) is 0 Å². The third kappa shape index (κ3) is 3.68. The molecule has 0 radical (unpaired) electrons. The van der Waals surface area contributed by atoms with E-state index in [1.165, 1.54) is 21.0 Å². The molecule has 0 spiro atoms. The smallest absolute Gasteiger partial charge is 0.109 e. The van der Waals surface area contributed by atoms with Gasteiger partial charge in [0.05, 0.1) is 6.04 Å². The van der Waals surface area contributed by atoms with Crippen LogP contribution in [0.15, 0.2) is 30.5 Å². The van der Waals surface area contributed by atoms with Crippen LogP contribution in [0.4, 0.5) is 0 Å². The minimum atomic E-state index is 0.298. The van der Waals surface area contributed by atoms with E-state index in [0.29, 0.717) is 12.1 Å². The molecule has 0 amide bonds. The standard InChI is InChI=1S/C17H24N2S/c1-5-15-11-18-17(20-15)13(4)19-16(6-2)14-9-7-12(3)8-10-14/h7-11,13,16,19H,5-6H2,1-4H3. The molecule has 0 aliphatic carbocycles. The van der Waals surface area contributed by atoms with E-state index in [1.807, 2.05) is 17.5 Å². The van der Waals surface area contributed by atoms with Gasteiger partial charge in [-0.25, -0.2) is 4.98 Å². The molecule has 108 valence electrons. The molecule has 1 N–H and O–H groups in total. The van der Waals surface area contributed by atoms with Crippen molar-refractivity contribution in [2.75, 3.05) is 0 Å². The quantitative estimate of drug-likeness (QED) is 0.824. The molecule has 0 saturated heterocycles. The third-order valence-electron chi connectivity index (χ3n) is 3.63. The second kappa shape index (κ2) is 7.00. The summed E-state index contributed by atoms with van der Waals surface area (Å²) in [6.07, 6.45) is 4.16. The summed E-state index contributed by atoms with van der Waals surface area (Å²) in [5.41, 5.74) is 2.67. The van der Waals surface area contributed by atoms with Crippen molar-refractivity contribution in [2.45, 2.75) is 52.6 Å². The Labute approximate surface area is 126 Å². The van der Waals surface area contributed by atoms with Gasteiger partial charge in [0.1, 0.15) is 5.01 Å². The Kier molecular flexibility index (Phi) is 5.32. The van der Waals surface area contributed by atoms with Gasteiger partial charge < -0.3 is 5.32 Å². The summed E-state index contributed by atoms with van der Waals surface area (Å²) in [5.74, 6) is 0.